The van der Waals surface area contributed by atoms with E-state index in [1.807, 2.05) is 32.0 Å². The van der Waals surface area contributed by atoms with E-state index in [1.54, 1.807) is 12.1 Å². The van der Waals surface area contributed by atoms with Gasteiger partial charge in [-0.2, -0.15) is 5.10 Å². The van der Waals surface area contributed by atoms with E-state index >= 15 is 0 Å². The number of phenolic OH excluding ortho intramolecular Hbond substituents is 1. The van der Waals surface area contributed by atoms with Crippen LogP contribution >= 0.6 is 0 Å². The van der Waals surface area contributed by atoms with Crippen LogP contribution in [0.25, 0.3) is 0 Å². The normalized spacial score (nSPS) is 10.6. The first kappa shape index (κ1) is 17.3. The minimum Gasteiger partial charge on any atom is -0.504 e. The van der Waals surface area contributed by atoms with Gasteiger partial charge in [-0.3, -0.25) is 4.79 Å². The number of rotatable bonds is 6. The monoisotopic (exact) mass is 328 g/mol. The van der Waals surface area contributed by atoms with Crippen LogP contribution in [-0.2, 0) is 4.79 Å². The summed E-state index contributed by atoms with van der Waals surface area (Å²) in [4.78, 5) is 11.7. The molecule has 0 heterocycles. The van der Waals surface area contributed by atoms with Crippen LogP contribution in [0.4, 0.5) is 0 Å². The number of nitrogens with one attached hydrogen (secondary N) is 1. The lowest BCUT2D eigenvalue weighted by Gasteiger charge is -2.07. The molecule has 0 aliphatic carbocycles. The van der Waals surface area contributed by atoms with Gasteiger partial charge in [0.2, 0.25) is 0 Å². The minimum atomic E-state index is -0.373. The molecule has 126 valence electrons. The Morgan fingerprint density at radius 2 is 2.00 bits per heavy atom. The number of aromatic hydroxyl groups is 1. The maximum absolute atomic E-state index is 11.7. The Morgan fingerprint density at radius 3 is 2.67 bits per heavy atom. The Bertz CT molecular complexity index is 757. The zero-order chi connectivity index (χ0) is 17.5. The summed E-state index contributed by atoms with van der Waals surface area (Å²) in [5.41, 5.74) is 5.26. The lowest BCUT2D eigenvalue weighted by Crippen LogP contribution is -2.24. The van der Waals surface area contributed by atoms with Crippen molar-refractivity contribution in [2.45, 2.75) is 13.8 Å². The summed E-state index contributed by atoms with van der Waals surface area (Å²) in [6.07, 6.45) is 1.42. The standard InChI is InChI=1S/C18H20N2O4/c1-12-4-6-15(8-13(12)2)24-11-18(22)20-19-10-14-5-7-17(23-3)16(21)9-14/h4-10,21H,11H2,1-3H3,(H,20,22)/b19-10-. The Hall–Kier alpha value is -3.02. The lowest BCUT2D eigenvalue weighted by atomic mass is 10.1. The summed E-state index contributed by atoms with van der Waals surface area (Å²) in [7, 11) is 1.47. The maximum Gasteiger partial charge on any atom is 0.277 e. The molecule has 0 atom stereocenters. The van der Waals surface area contributed by atoms with E-state index in [-0.39, 0.29) is 18.3 Å². The highest BCUT2D eigenvalue weighted by molar-refractivity contribution is 5.83. The van der Waals surface area contributed by atoms with Crippen LogP contribution in [0, 0.1) is 13.8 Å². The second-order valence-corrected chi connectivity index (χ2v) is 5.26. The third kappa shape index (κ3) is 4.74. The van der Waals surface area contributed by atoms with Crippen molar-refractivity contribution in [1.29, 1.82) is 0 Å². The predicted molar refractivity (Wildman–Crippen MR) is 91.8 cm³/mol. The number of benzene rings is 2. The molecule has 0 saturated carbocycles. The number of hydrogen-bond acceptors (Lipinski definition) is 5. The molecule has 1 amide bonds. The van der Waals surface area contributed by atoms with E-state index in [9.17, 15) is 9.90 Å². The Kier molecular flexibility index (Phi) is 5.78. The average molecular weight is 328 g/mol. The highest BCUT2D eigenvalue weighted by Gasteiger charge is 2.03. The van der Waals surface area contributed by atoms with Gasteiger partial charge in [0, 0.05) is 0 Å². The van der Waals surface area contributed by atoms with Gasteiger partial charge in [0.1, 0.15) is 5.75 Å². The number of nitrogens with zero attached hydrogens (tertiary/aromatic N) is 1. The van der Waals surface area contributed by atoms with Crippen molar-refractivity contribution in [3.8, 4) is 17.2 Å². The Labute approximate surface area is 140 Å². The van der Waals surface area contributed by atoms with Gasteiger partial charge in [-0.15, -0.1) is 0 Å². The first-order valence-electron chi connectivity index (χ1n) is 7.38. The van der Waals surface area contributed by atoms with Gasteiger partial charge in [0.15, 0.2) is 18.1 Å². The first-order chi connectivity index (χ1) is 11.5. The molecule has 0 bridgehead atoms. The molecule has 0 unspecified atom stereocenters. The van der Waals surface area contributed by atoms with Gasteiger partial charge >= 0.3 is 0 Å². The quantitative estimate of drug-likeness (QED) is 0.631. The maximum atomic E-state index is 11.7. The molecule has 0 fully saturated rings. The number of ether oxygens (including phenoxy) is 2. The molecule has 0 aliphatic rings. The molecule has 24 heavy (non-hydrogen) atoms. The third-order valence-electron chi connectivity index (χ3n) is 3.45. The molecular formula is C18H20N2O4. The fraction of sp³-hybridized carbons (Fsp3) is 0.222. The zero-order valence-corrected chi connectivity index (χ0v) is 13.9. The highest BCUT2D eigenvalue weighted by atomic mass is 16.5. The fourth-order valence-electron chi connectivity index (χ4n) is 1.95. The Morgan fingerprint density at radius 1 is 1.21 bits per heavy atom. The summed E-state index contributed by atoms with van der Waals surface area (Å²) in [5.74, 6) is 0.642. The molecule has 2 N–H and O–H groups in total. The van der Waals surface area contributed by atoms with Crippen molar-refractivity contribution in [1.82, 2.24) is 5.43 Å². The number of phenols is 1. The number of aryl methyl sites for hydroxylation is 2. The van der Waals surface area contributed by atoms with Crippen LogP contribution in [0.3, 0.4) is 0 Å². The van der Waals surface area contributed by atoms with Gasteiger partial charge < -0.3 is 14.6 Å². The smallest absolute Gasteiger partial charge is 0.277 e. The molecule has 0 saturated heterocycles. The SMILES string of the molecule is COc1ccc(/C=N\NC(=O)COc2ccc(C)c(C)c2)cc1O. The molecular weight excluding hydrogens is 308 g/mol. The second kappa shape index (κ2) is 8.01. The molecule has 0 radical (unpaired) electrons. The second-order valence-electron chi connectivity index (χ2n) is 5.26. The molecule has 0 aromatic heterocycles. The van der Waals surface area contributed by atoms with Crippen molar-refractivity contribution in [3.63, 3.8) is 0 Å². The molecule has 2 rings (SSSR count). The van der Waals surface area contributed by atoms with Gasteiger partial charge in [0.25, 0.3) is 5.91 Å². The minimum absolute atomic E-state index is 0.00542. The van der Waals surface area contributed by atoms with Crippen molar-refractivity contribution < 1.29 is 19.4 Å². The lowest BCUT2D eigenvalue weighted by molar-refractivity contribution is -0.123. The van der Waals surface area contributed by atoms with Crippen LogP contribution in [0.2, 0.25) is 0 Å². The summed E-state index contributed by atoms with van der Waals surface area (Å²) in [5, 5.41) is 13.5. The average Bonchev–Trinajstić information content (AvgIpc) is 2.56. The predicted octanol–water partition coefficient (Wildman–Crippen LogP) is 2.55. The van der Waals surface area contributed by atoms with E-state index in [2.05, 4.69) is 10.5 Å². The van der Waals surface area contributed by atoms with Crippen LogP contribution in [0.1, 0.15) is 16.7 Å². The third-order valence-corrected chi connectivity index (χ3v) is 3.45. The molecule has 2 aromatic rings. The summed E-state index contributed by atoms with van der Waals surface area (Å²) in [6.45, 7) is 3.86. The summed E-state index contributed by atoms with van der Waals surface area (Å²) >= 11 is 0. The van der Waals surface area contributed by atoms with Crippen molar-refractivity contribution in [3.05, 3.63) is 53.1 Å². The number of carbonyl (C=O) groups is 1. The van der Waals surface area contributed by atoms with E-state index in [0.29, 0.717) is 17.1 Å². The van der Waals surface area contributed by atoms with Gasteiger partial charge in [-0.25, -0.2) is 5.43 Å². The van der Waals surface area contributed by atoms with E-state index in [4.69, 9.17) is 9.47 Å². The largest absolute Gasteiger partial charge is 0.504 e. The van der Waals surface area contributed by atoms with Gasteiger partial charge in [-0.1, -0.05) is 6.07 Å². The summed E-state index contributed by atoms with van der Waals surface area (Å²) < 4.78 is 10.4. The van der Waals surface area contributed by atoms with Crippen LogP contribution in [0.5, 0.6) is 17.2 Å². The number of hydrogen-bond donors (Lipinski definition) is 2. The molecule has 6 nitrogen and oxygen atoms in total. The number of hydrazone groups is 1. The highest BCUT2D eigenvalue weighted by Crippen LogP contribution is 2.25. The van der Waals surface area contributed by atoms with Crippen LogP contribution < -0.4 is 14.9 Å². The number of carbonyl (C=O) groups excluding carboxylic acids is 1. The van der Waals surface area contributed by atoms with Crippen LogP contribution in [-0.4, -0.2) is 30.9 Å². The molecule has 0 spiro atoms. The topological polar surface area (TPSA) is 80.2 Å². The first-order valence-corrected chi connectivity index (χ1v) is 7.38. The fourth-order valence-corrected chi connectivity index (χ4v) is 1.95. The molecule has 0 aliphatic heterocycles. The number of amides is 1. The number of methoxy groups -OCH3 is 1. The zero-order valence-electron chi connectivity index (χ0n) is 13.9. The van der Waals surface area contributed by atoms with E-state index < -0.39 is 0 Å². The van der Waals surface area contributed by atoms with E-state index in [1.165, 1.54) is 25.0 Å². The van der Waals surface area contributed by atoms with Crippen molar-refractivity contribution in [2.75, 3.05) is 13.7 Å². The molecule has 2 aromatic carbocycles. The van der Waals surface area contributed by atoms with Crippen molar-refractivity contribution in [2.24, 2.45) is 5.10 Å². The summed E-state index contributed by atoms with van der Waals surface area (Å²) in [6, 6.07) is 10.4. The van der Waals surface area contributed by atoms with Crippen molar-refractivity contribution >= 4 is 12.1 Å². The molecule has 6 heteroatoms. The van der Waals surface area contributed by atoms with Gasteiger partial charge in [-0.05, 0) is 60.9 Å². The van der Waals surface area contributed by atoms with Crippen LogP contribution in [0.15, 0.2) is 41.5 Å². The van der Waals surface area contributed by atoms with Gasteiger partial charge in [0.05, 0.1) is 13.3 Å². The Balaban J connectivity index is 1.84. The van der Waals surface area contributed by atoms with E-state index in [0.717, 1.165) is 5.56 Å².